The molecule has 1 aliphatic carbocycles. The quantitative estimate of drug-likeness (QED) is 0.713. The Morgan fingerprint density at radius 1 is 1.67 bits per heavy atom. The van der Waals surface area contributed by atoms with Crippen LogP contribution in [0.3, 0.4) is 0 Å². The van der Waals surface area contributed by atoms with E-state index in [4.69, 9.17) is 5.73 Å². The molecule has 1 fully saturated rings. The van der Waals surface area contributed by atoms with Gasteiger partial charge in [0, 0.05) is 6.20 Å². The SMILES string of the molecule is Cc1ccn(C2CCC2CN)n1. The number of hydrogen-bond acceptors (Lipinski definition) is 2. The lowest BCUT2D eigenvalue weighted by Gasteiger charge is -2.35. The molecule has 0 aromatic carbocycles. The van der Waals surface area contributed by atoms with Gasteiger partial charge in [0.25, 0.3) is 0 Å². The third-order valence-corrected chi connectivity index (χ3v) is 2.76. The van der Waals surface area contributed by atoms with E-state index in [0.29, 0.717) is 12.0 Å². The van der Waals surface area contributed by atoms with Crippen molar-refractivity contribution in [2.75, 3.05) is 6.54 Å². The van der Waals surface area contributed by atoms with Gasteiger partial charge in [0.1, 0.15) is 0 Å². The van der Waals surface area contributed by atoms with Crippen LogP contribution in [0.25, 0.3) is 0 Å². The lowest BCUT2D eigenvalue weighted by molar-refractivity contribution is 0.173. The van der Waals surface area contributed by atoms with Gasteiger partial charge in [-0.2, -0.15) is 5.10 Å². The normalized spacial score (nSPS) is 28.5. The topological polar surface area (TPSA) is 43.8 Å². The molecule has 2 rings (SSSR count). The first-order chi connectivity index (χ1) is 5.81. The van der Waals surface area contributed by atoms with Crippen LogP contribution in [0.2, 0.25) is 0 Å². The van der Waals surface area contributed by atoms with Gasteiger partial charge in [-0.25, -0.2) is 0 Å². The average Bonchev–Trinajstić information content (AvgIpc) is 2.35. The maximum Gasteiger partial charge on any atom is 0.0593 e. The Hall–Kier alpha value is -0.830. The fourth-order valence-electron chi connectivity index (χ4n) is 1.79. The second kappa shape index (κ2) is 2.90. The maximum atomic E-state index is 5.63. The van der Waals surface area contributed by atoms with Crippen molar-refractivity contribution in [3.05, 3.63) is 18.0 Å². The summed E-state index contributed by atoms with van der Waals surface area (Å²) in [5, 5.41) is 4.39. The maximum absolute atomic E-state index is 5.63. The summed E-state index contributed by atoms with van der Waals surface area (Å²) in [7, 11) is 0. The molecule has 12 heavy (non-hydrogen) atoms. The number of aromatic nitrogens is 2. The van der Waals surface area contributed by atoms with Gasteiger partial charge in [0.2, 0.25) is 0 Å². The molecule has 66 valence electrons. The van der Waals surface area contributed by atoms with Crippen molar-refractivity contribution in [3.63, 3.8) is 0 Å². The summed E-state index contributed by atoms with van der Waals surface area (Å²) in [6, 6.07) is 2.62. The molecule has 1 saturated carbocycles. The average molecular weight is 165 g/mol. The van der Waals surface area contributed by atoms with Gasteiger partial charge < -0.3 is 5.73 Å². The van der Waals surface area contributed by atoms with Crippen molar-refractivity contribution in [1.29, 1.82) is 0 Å². The highest BCUT2D eigenvalue weighted by Gasteiger charge is 2.31. The van der Waals surface area contributed by atoms with Crippen LogP contribution in [0.15, 0.2) is 12.3 Å². The monoisotopic (exact) mass is 165 g/mol. The fourth-order valence-corrected chi connectivity index (χ4v) is 1.79. The molecule has 1 aliphatic rings. The zero-order chi connectivity index (χ0) is 8.55. The number of aryl methyl sites for hydroxylation is 1. The van der Waals surface area contributed by atoms with Gasteiger partial charge >= 0.3 is 0 Å². The van der Waals surface area contributed by atoms with Crippen molar-refractivity contribution >= 4 is 0 Å². The first-order valence-corrected chi connectivity index (χ1v) is 4.53. The Balaban J connectivity index is 2.10. The molecule has 0 spiro atoms. The predicted octanol–water partition coefficient (Wildman–Crippen LogP) is 1.10. The van der Waals surface area contributed by atoms with E-state index in [9.17, 15) is 0 Å². The molecule has 0 radical (unpaired) electrons. The van der Waals surface area contributed by atoms with Gasteiger partial charge in [-0.3, -0.25) is 4.68 Å². The molecule has 0 amide bonds. The molecule has 3 nitrogen and oxygen atoms in total. The van der Waals surface area contributed by atoms with Crippen LogP contribution in [0.4, 0.5) is 0 Å². The van der Waals surface area contributed by atoms with Gasteiger partial charge in [-0.05, 0) is 38.3 Å². The molecule has 2 N–H and O–H groups in total. The molecule has 2 unspecified atom stereocenters. The van der Waals surface area contributed by atoms with Crippen molar-refractivity contribution < 1.29 is 0 Å². The molecule has 1 aromatic rings. The summed E-state index contributed by atoms with van der Waals surface area (Å²) >= 11 is 0. The number of hydrogen-bond donors (Lipinski definition) is 1. The zero-order valence-electron chi connectivity index (χ0n) is 7.40. The van der Waals surface area contributed by atoms with E-state index >= 15 is 0 Å². The minimum Gasteiger partial charge on any atom is -0.330 e. The van der Waals surface area contributed by atoms with Crippen molar-refractivity contribution in [3.8, 4) is 0 Å². The second-order valence-electron chi connectivity index (χ2n) is 3.58. The molecule has 3 heteroatoms. The lowest BCUT2D eigenvalue weighted by Crippen LogP contribution is -2.34. The molecule has 0 bridgehead atoms. The number of nitrogens with two attached hydrogens (primary N) is 1. The summed E-state index contributed by atoms with van der Waals surface area (Å²) in [5.41, 5.74) is 6.72. The van der Waals surface area contributed by atoms with Crippen LogP contribution in [0.1, 0.15) is 24.6 Å². The van der Waals surface area contributed by atoms with Gasteiger partial charge in [-0.15, -0.1) is 0 Å². The van der Waals surface area contributed by atoms with Gasteiger partial charge in [0.15, 0.2) is 0 Å². The zero-order valence-corrected chi connectivity index (χ0v) is 7.40. The first kappa shape index (κ1) is 7.80. The summed E-state index contributed by atoms with van der Waals surface area (Å²) in [6.45, 7) is 2.82. The number of nitrogens with zero attached hydrogens (tertiary/aromatic N) is 2. The second-order valence-corrected chi connectivity index (χ2v) is 3.58. The highest BCUT2D eigenvalue weighted by atomic mass is 15.3. The van der Waals surface area contributed by atoms with Gasteiger partial charge in [-0.1, -0.05) is 0 Å². The predicted molar refractivity (Wildman–Crippen MR) is 47.8 cm³/mol. The lowest BCUT2D eigenvalue weighted by atomic mass is 9.80. The molecule has 2 atom stereocenters. The minimum absolute atomic E-state index is 0.573. The molecular formula is C9H15N3. The van der Waals surface area contributed by atoms with E-state index in [1.165, 1.54) is 12.8 Å². The fraction of sp³-hybridized carbons (Fsp3) is 0.667. The van der Waals surface area contributed by atoms with E-state index in [0.717, 1.165) is 12.2 Å². The van der Waals surface area contributed by atoms with Crippen LogP contribution < -0.4 is 5.73 Å². The minimum atomic E-state index is 0.573. The van der Waals surface area contributed by atoms with Crippen molar-refractivity contribution in [2.24, 2.45) is 11.7 Å². The van der Waals surface area contributed by atoms with E-state index in [2.05, 4.69) is 16.0 Å². The van der Waals surface area contributed by atoms with E-state index in [-0.39, 0.29) is 0 Å². The van der Waals surface area contributed by atoms with Crippen LogP contribution in [-0.4, -0.2) is 16.3 Å². The van der Waals surface area contributed by atoms with E-state index < -0.39 is 0 Å². The van der Waals surface area contributed by atoms with Crippen LogP contribution in [-0.2, 0) is 0 Å². The highest BCUT2D eigenvalue weighted by Crippen LogP contribution is 2.36. The standard InChI is InChI=1S/C9H15N3/c1-7-4-5-12(11-7)9-3-2-8(9)6-10/h4-5,8-9H,2-3,6,10H2,1H3. The molecule has 1 heterocycles. The summed E-state index contributed by atoms with van der Waals surface area (Å²) in [6.07, 6.45) is 4.56. The summed E-state index contributed by atoms with van der Waals surface area (Å²) in [5.74, 6) is 0.657. The smallest absolute Gasteiger partial charge is 0.0593 e. The molecule has 0 aliphatic heterocycles. The van der Waals surface area contributed by atoms with Crippen molar-refractivity contribution in [1.82, 2.24) is 9.78 Å². The van der Waals surface area contributed by atoms with Gasteiger partial charge in [0.05, 0.1) is 11.7 Å². The summed E-state index contributed by atoms with van der Waals surface area (Å²) < 4.78 is 2.07. The Morgan fingerprint density at radius 3 is 2.92 bits per heavy atom. The molecule has 0 saturated heterocycles. The Bertz CT molecular complexity index is 264. The molecule has 1 aromatic heterocycles. The first-order valence-electron chi connectivity index (χ1n) is 4.53. The Labute approximate surface area is 72.6 Å². The van der Waals surface area contributed by atoms with Crippen LogP contribution in [0.5, 0.6) is 0 Å². The van der Waals surface area contributed by atoms with Crippen LogP contribution >= 0.6 is 0 Å². The third-order valence-electron chi connectivity index (χ3n) is 2.76. The summed E-state index contributed by atoms with van der Waals surface area (Å²) in [4.78, 5) is 0. The Kier molecular flexibility index (Phi) is 1.89. The Morgan fingerprint density at radius 2 is 2.50 bits per heavy atom. The number of rotatable bonds is 2. The van der Waals surface area contributed by atoms with E-state index in [1.807, 2.05) is 13.0 Å². The van der Waals surface area contributed by atoms with Crippen LogP contribution in [0, 0.1) is 12.8 Å². The van der Waals surface area contributed by atoms with E-state index in [1.54, 1.807) is 0 Å². The highest BCUT2D eigenvalue weighted by molar-refractivity contribution is 4.98. The van der Waals surface area contributed by atoms with Crippen molar-refractivity contribution in [2.45, 2.75) is 25.8 Å². The third kappa shape index (κ3) is 1.14. The largest absolute Gasteiger partial charge is 0.330 e. The molecular weight excluding hydrogens is 150 g/mol.